The van der Waals surface area contributed by atoms with Crippen LogP contribution in [0.3, 0.4) is 0 Å². The molecule has 3 N–H and O–H groups in total. The van der Waals surface area contributed by atoms with E-state index in [2.05, 4.69) is 4.99 Å². The molecular weight excluding hydrogens is 520 g/mol. The van der Waals surface area contributed by atoms with Crippen LogP contribution in [0.25, 0.3) is 11.1 Å². The number of likely N-dealkylation sites (N-methyl/N-ethyl adjacent to an activating group) is 1. The van der Waals surface area contributed by atoms with Crippen molar-refractivity contribution in [3.05, 3.63) is 89.0 Å². The van der Waals surface area contributed by atoms with Crippen molar-refractivity contribution >= 4 is 22.0 Å². The number of hydrogen-bond acceptors (Lipinski definition) is 7. The first-order chi connectivity index (χ1) is 17.9. The van der Waals surface area contributed by atoms with Gasteiger partial charge in [-0.05, 0) is 40.5 Å². The van der Waals surface area contributed by atoms with Gasteiger partial charge in [-0.1, -0.05) is 42.5 Å². The van der Waals surface area contributed by atoms with Gasteiger partial charge in [-0.2, -0.15) is 8.42 Å². The van der Waals surface area contributed by atoms with Crippen LogP contribution in [0.5, 0.6) is 5.75 Å². The van der Waals surface area contributed by atoms with E-state index in [1.165, 1.54) is 44.4 Å². The third-order valence-electron chi connectivity index (χ3n) is 6.43. The van der Waals surface area contributed by atoms with E-state index in [-0.39, 0.29) is 22.8 Å². The van der Waals surface area contributed by atoms with Gasteiger partial charge in [0.25, 0.3) is 16.0 Å². The molecule has 0 radical (unpaired) electrons. The van der Waals surface area contributed by atoms with Gasteiger partial charge in [-0.15, -0.1) is 0 Å². The summed E-state index contributed by atoms with van der Waals surface area (Å²) in [5.74, 6) is -3.10. The molecule has 12 heteroatoms. The molecule has 0 aromatic heterocycles. The van der Waals surface area contributed by atoms with Gasteiger partial charge in [0.1, 0.15) is 11.6 Å². The van der Waals surface area contributed by atoms with Gasteiger partial charge in [-0.25, -0.2) is 13.8 Å². The number of nitrogens with two attached hydrogens (primary N) is 1. The SMILES string of the molecule is COc1ccc(F)c(-c2cccc(C3(c4ccc(C(CS(=O)(=O)O)OC)cc4)N=C(N)N(C)C3=O)c2)c1F. The van der Waals surface area contributed by atoms with E-state index in [9.17, 15) is 22.2 Å². The number of halogens is 2. The molecule has 0 bridgehead atoms. The maximum atomic E-state index is 15.1. The summed E-state index contributed by atoms with van der Waals surface area (Å²) in [5, 5.41) is 0. The zero-order valence-corrected chi connectivity index (χ0v) is 21.5. The Kier molecular flexibility index (Phi) is 7.24. The Bertz CT molecular complexity index is 1530. The van der Waals surface area contributed by atoms with Gasteiger partial charge in [-0.3, -0.25) is 14.2 Å². The standard InChI is InChI=1S/C26H25F2N3O6S/c1-31-24(32)26(30-25(31)29,17-9-7-15(8-10-17)21(37-3)14-38(33,34)35)18-6-4-5-16(13-18)22-19(27)11-12-20(36-2)23(22)28/h4-13,21H,14H2,1-3H3,(H2,29,30)(H,33,34,35). The van der Waals surface area contributed by atoms with E-state index in [1.807, 2.05) is 0 Å². The number of amides is 1. The summed E-state index contributed by atoms with van der Waals surface area (Å²) in [6.45, 7) is 0. The average Bonchev–Trinajstić information content (AvgIpc) is 3.12. The van der Waals surface area contributed by atoms with Gasteiger partial charge in [0.15, 0.2) is 23.1 Å². The van der Waals surface area contributed by atoms with E-state index in [1.54, 1.807) is 36.4 Å². The molecule has 3 aromatic rings. The van der Waals surface area contributed by atoms with Crippen molar-refractivity contribution in [2.45, 2.75) is 11.6 Å². The number of hydrogen-bond donors (Lipinski definition) is 2. The van der Waals surface area contributed by atoms with Crippen LogP contribution in [0.1, 0.15) is 22.8 Å². The van der Waals surface area contributed by atoms with Crippen LogP contribution < -0.4 is 10.5 Å². The van der Waals surface area contributed by atoms with Crippen molar-refractivity contribution in [1.29, 1.82) is 0 Å². The number of ether oxygens (including phenoxy) is 2. The molecule has 2 unspecified atom stereocenters. The van der Waals surface area contributed by atoms with Crippen LogP contribution in [0, 0.1) is 11.6 Å². The summed E-state index contributed by atoms with van der Waals surface area (Å²) < 4.78 is 72.0. The van der Waals surface area contributed by atoms with Crippen molar-refractivity contribution < 1.29 is 36.0 Å². The fourth-order valence-electron chi connectivity index (χ4n) is 4.47. The predicted octanol–water partition coefficient (Wildman–Crippen LogP) is 3.25. The molecule has 38 heavy (non-hydrogen) atoms. The fraction of sp³-hybridized carbons (Fsp3) is 0.231. The molecule has 0 aliphatic carbocycles. The summed E-state index contributed by atoms with van der Waals surface area (Å²) in [6, 6.07) is 14.5. The lowest BCUT2D eigenvalue weighted by molar-refractivity contribution is -0.129. The molecule has 0 fully saturated rings. The second-order valence-electron chi connectivity index (χ2n) is 8.66. The van der Waals surface area contributed by atoms with E-state index in [0.717, 1.165) is 6.07 Å². The number of nitrogens with zero attached hydrogens (tertiary/aromatic N) is 2. The molecule has 1 amide bonds. The van der Waals surface area contributed by atoms with Crippen molar-refractivity contribution in [2.24, 2.45) is 10.7 Å². The lowest BCUT2D eigenvalue weighted by atomic mass is 9.81. The van der Waals surface area contributed by atoms with Crippen LogP contribution in [0.4, 0.5) is 8.78 Å². The maximum Gasteiger partial charge on any atom is 0.267 e. The van der Waals surface area contributed by atoms with E-state index in [0.29, 0.717) is 16.7 Å². The third kappa shape index (κ3) is 4.73. The van der Waals surface area contributed by atoms with Crippen LogP contribution in [0.15, 0.2) is 65.7 Å². The highest BCUT2D eigenvalue weighted by atomic mass is 32.2. The normalized spacial score (nSPS) is 18.4. The summed E-state index contributed by atoms with van der Waals surface area (Å²) in [6.07, 6.45) is -0.965. The summed E-state index contributed by atoms with van der Waals surface area (Å²) in [4.78, 5) is 19.3. The lowest BCUT2D eigenvalue weighted by Crippen LogP contribution is -2.41. The highest BCUT2D eigenvalue weighted by Crippen LogP contribution is 2.42. The van der Waals surface area contributed by atoms with Gasteiger partial charge < -0.3 is 15.2 Å². The molecule has 0 saturated carbocycles. The molecule has 3 aromatic carbocycles. The summed E-state index contributed by atoms with van der Waals surface area (Å²) in [5.41, 5.74) is 5.24. The molecule has 4 rings (SSSR count). The highest BCUT2D eigenvalue weighted by molar-refractivity contribution is 7.85. The quantitative estimate of drug-likeness (QED) is 0.416. The Morgan fingerprint density at radius 3 is 2.32 bits per heavy atom. The molecule has 1 heterocycles. The Morgan fingerprint density at radius 1 is 1.08 bits per heavy atom. The van der Waals surface area contributed by atoms with Crippen LogP contribution >= 0.6 is 0 Å². The van der Waals surface area contributed by atoms with Crippen molar-refractivity contribution in [3.63, 3.8) is 0 Å². The molecule has 9 nitrogen and oxygen atoms in total. The van der Waals surface area contributed by atoms with Crippen molar-refractivity contribution in [2.75, 3.05) is 27.0 Å². The maximum absolute atomic E-state index is 15.1. The molecule has 2 atom stereocenters. The second-order valence-corrected chi connectivity index (χ2v) is 10.2. The number of carbonyl (C=O) groups is 1. The fourth-order valence-corrected chi connectivity index (χ4v) is 5.18. The number of carbonyl (C=O) groups excluding carboxylic acids is 1. The summed E-state index contributed by atoms with van der Waals surface area (Å²) >= 11 is 0. The minimum atomic E-state index is -4.33. The van der Waals surface area contributed by atoms with Crippen molar-refractivity contribution in [3.8, 4) is 16.9 Å². The number of guanidine groups is 1. The molecule has 0 saturated heterocycles. The first-order valence-electron chi connectivity index (χ1n) is 11.3. The zero-order chi connectivity index (χ0) is 27.8. The van der Waals surface area contributed by atoms with Crippen LogP contribution in [-0.4, -0.2) is 56.8 Å². The monoisotopic (exact) mass is 545 g/mol. The summed E-state index contributed by atoms with van der Waals surface area (Å²) in [7, 11) is -0.304. The smallest absolute Gasteiger partial charge is 0.267 e. The molecule has 200 valence electrons. The Balaban J connectivity index is 1.87. The molecular formula is C26H25F2N3O6S. The molecule has 0 spiro atoms. The first kappa shape index (κ1) is 27.2. The average molecular weight is 546 g/mol. The van der Waals surface area contributed by atoms with E-state index < -0.39 is 45.1 Å². The zero-order valence-electron chi connectivity index (χ0n) is 20.7. The minimum absolute atomic E-state index is 0.0654. The largest absolute Gasteiger partial charge is 0.494 e. The van der Waals surface area contributed by atoms with Gasteiger partial charge in [0.2, 0.25) is 0 Å². The topological polar surface area (TPSA) is 132 Å². The molecule has 1 aliphatic rings. The van der Waals surface area contributed by atoms with Gasteiger partial charge >= 0.3 is 0 Å². The lowest BCUT2D eigenvalue weighted by Gasteiger charge is -2.27. The van der Waals surface area contributed by atoms with Crippen LogP contribution in [0.2, 0.25) is 0 Å². The van der Waals surface area contributed by atoms with Gasteiger partial charge in [0, 0.05) is 14.2 Å². The van der Waals surface area contributed by atoms with Gasteiger partial charge in [0.05, 0.1) is 18.8 Å². The number of rotatable bonds is 8. The van der Waals surface area contributed by atoms with Crippen LogP contribution in [-0.2, 0) is 25.2 Å². The first-order valence-corrected chi connectivity index (χ1v) is 12.9. The molecule has 1 aliphatic heterocycles. The number of benzene rings is 3. The Morgan fingerprint density at radius 2 is 1.76 bits per heavy atom. The van der Waals surface area contributed by atoms with E-state index >= 15 is 4.39 Å². The number of aliphatic imine (C=N–C) groups is 1. The Hall–Kier alpha value is -3.87. The Labute approximate surface area is 218 Å². The third-order valence-corrected chi connectivity index (χ3v) is 7.16. The predicted molar refractivity (Wildman–Crippen MR) is 136 cm³/mol. The number of methoxy groups -OCH3 is 2. The minimum Gasteiger partial charge on any atom is -0.494 e. The van der Waals surface area contributed by atoms with Crippen molar-refractivity contribution in [1.82, 2.24) is 4.90 Å². The second kappa shape index (κ2) is 10.1. The van der Waals surface area contributed by atoms with E-state index in [4.69, 9.17) is 15.2 Å². The highest BCUT2D eigenvalue weighted by Gasteiger charge is 2.49.